The molecule has 1 amide bonds. The van der Waals surface area contributed by atoms with E-state index in [0.717, 1.165) is 22.9 Å². The molecule has 1 atom stereocenters. The van der Waals surface area contributed by atoms with Gasteiger partial charge in [-0.25, -0.2) is 0 Å². The molecule has 0 radical (unpaired) electrons. The van der Waals surface area contributed by atoms with E-state index < -0.39 is 6.10 Å². The molecular weight excluding hydrogens is 294 g/mol. The molecule has 100 valence electrons. The Labute approximate surface area is 117 Å². The molecule has 1 aromatic carbocycles. The van der Waals surface area contributed by atoms with Crippen molar-refractivity contribution >= 4 is 21.8 Å². The number of nitrogens with one attached hydrogen (secondary N) is 1. The lowest BCUT2D eigenvalue weighted by Crippen LogP contribution is -2.36. The predicted octanol–water partition coefficient (Wildman–Crippen LogP) is 3.44. The number of aryl methyl sites for hydroxylation is 1. The zero-order chi connectivity index (χ0) is 13.5. The molecule has 0 bridgehead atoms. The number of carbonyl (C=O) groups is 1. The van der Waals surface area contributed by atoms with Crippen LogP contribution < -0.4 is 10.1 Å². The minimum atomic E-state index is -0.470. The van der Waals surface area contributed by atoms with E-state index in [1.165, 1.54) is 0 Å². The molecule has 1 rings (SSSR count). The van der Waals surface area contributed by atoms with Crippen LogP contribution >= 0.6 is 15.9 Å². The van der Waals surface area contributed by atoms with Gasteiger partial charge in [0.1, 0.15) is 5.75 Å². The van der Waals surface area contributed by atoms with Crippen LogP contribution in [0.4, 0.5) is 0 Å². The Morgan fingerprint density at radius 2 is 2.22 bits per heavy atom. The fourth-order valence-corrected chi connectivity index (χ4v) is 1.73. The molecule has 0 saturated heterocycles. The van der Waals surface area contributed by atoms with Crippen LogP contribution in [-0.4, -0.2) is 18.6 Å². The van der Waals surface area contributed by atoms with Crippen molar-refractivity contribution in [2.45, 2.75) is 39.7 Å². The molecule has 3 nitrogen and oxygen atoms in total. The Kier molecular flexibility index (Phi) is 6.19. The number of rotatable bonds is 6. The summed E-state index contributed by atoms with van der Waals surface area (Å²) in [6, 6.07) is 5.69. The van der Waals surface area contributed by atoms with E-state index in [1.54, 1.807) is 6.92 Å². The summed E-state index contributed by atoms with van der Waals surface area (Å²) >= 11 is 3.43. The molecule has 1 unspecified atom stereocenters. The molecule has 0 aromatic heterocycles. The lowest BCUT2D eigenvalue weighted by Gasteiger charge is -2.15. The zero-order valence-electron chi connectivity index (χ0n) is 11.1. The molecular formula is C14H20BrNO2. The van der Waals surface area contributed by atoms with Crippen molar-refractivity contribution in [1.29, 1.82) is 0 Å². The Hall–Kier alpha value is -1.03. The fraction of sp³-hybridized carbons (Fsp3) is 0.500. The van der Waals surface area contributed by atoms with Gasteiger partial charge >= 0.3 is 0 Å². The highest BCUT2D eigenvalue weighted by Gasteiger charge is 2.13. The van der Waals surface area contributed by atoms with Crippen molar-refractivity contribution in [3.8, 4) is 5.75 Å². The fourth-order valence-electron chi connectivity index (χ4n) is 1.48. The second-order valence-electron chi connectivity index (χ2n) is 4.32. The number of carbonyl (C=O) groups excluding carboxylic acids is 1. The van der Waals surface area contributed by atoms with Crippen LogP contribution in [0.5, 0.6) is 5.75 Å². The molecule has 0 fully saturated rings. The highest BCUT2D eigenvalue weighted by atomic mass is 79.9. The highest BCUT2D eigenvalue weighted by Crippen LogP contribution is 2.22. The molecule has 0 saturated carbocycles. The van der Waals surface area contributed by atoms with E-state index in [4.69, 9.17) is 4.74 Å². The molecule has 0 heterocycles. The molecule has 0 aliphatic rings. The molecule has 18 heavy (non-hydrogen) atoms. The first-order chi connectivity index (χ1) is 8.54. The van der Waals surface area contributed by atoms with Gasteiger partial charge in [0.05, 0.1) is 0 Å². The molecule has 0 aliphatic carbocycles. The topological polar surface area (TPSA) is 38.3 Å². The Bertz CT molecular complexity index is 407. The Morgan fingerprint density at radius 3 is 2.83 bits per heavy atom. The summed E-state index contributed by atoms with van der Waals surface area (Å²) in [6.07, 6.45) is 1.60. The van der Waals surface area contributed by atoms with Crippen molar-refractivity contribution in [3.05, 3.63) is 28.2 Å². The number of amides is 1. The minimum absolute atomic E-state index is 0.0657. The summed E-state index contributed by atoms with van der Waals surface area (Å²) in [5.74, 6) is 0.651. The van der Waals surface area contributed by atoms with E-state index in [1.807, 2.05) is 25.1 Å². The van der Waals surface area contributed by atoms with Crippen molar-refractivity contribution in [3.63, 3.8) is 0 Å². The van der Waals surface area contributed by atoms with Gasteiger partial charge in [0, 0.05) is 11.0 Å². The lowest BCUT2D eigenvalue weighted by molar-refractivity contribution is -0.127. The standard InChI is InChI=1S/C14H20BrNO2/c1-4-5-8-16-14(17)11(3)18-12-6-7-13(15)10(2)9-12/h6-7,9,11H,4-5,8H2,1-3H3,(H,16,17). The van der Waals surface area contributed by atoms with Crippen LogP contribution in [0.25, 0.3) is 0 Å². The van der Waals surface area contributed by atoms with E-state index >= 15 is 0 Å². The van der Waals surface area contributed by atoms with Crippen LogP contribution in [0.2, 0.25) is 0 Å². The first-order valence-corrected chi connectivity index (χ1v) is 7.04. The number of unbranched alkanes of at least 4 members (excludes halogenated alkanes) is 1. The third kappa shape index (κ3) is 4.69. The van der Waals surface area contributed by atoms with Gasteiger partial charge in [-0.05, 0) is 44.0 Å². The molecule has 1 aromatic rings. The minimum Gasteiger partial charge on any atom is -0.481 e. The summed E-state index contributed by atoms with van der Waals surface area (Å²) in [5.41, 5.74) is 1.09. The van der Waals surface area contributed by atoms with E-state index in [-0.39, 0.29) is 5.91 Å². The third-order valence-electron chi connectivity index (χ3n) is 2.64. The van der Waals surface area contributed by atoms with Gasteiger partial charge in [-0.3, -0.25) is 4.79 Å². The lowest BCUT2D eigenvalue weighted by atomic mass is 10.2. The second-order valence-corrected chi connectivity index (χ2v) is 5.17. The van der Waals surface area contributed by atoms with Crippen LogP contribution in [0, 0.1) is 6.92 Å². The van der Waals surface area contributed by atoms with E-state index in [2.05, 4.69) is 28.2 Å². The van der Waals surface area contributed by atoms with Gasteiger partial charge < -0.3 is 10.1 Å². The van der Waals surface area contributed by atoms with E-state index in [0.29, 0.717) is 12.3 Å². The number of ether oxygens (including phenoxy) is 1. The highest BCUT2D eigenvalue weighted by molar-refractivity contribution is 9.10. The maximum atomic E-state index is 11.7. The Morgan fingerprint density at radius 1 is 1.50 bits per heavy atom. The number of halogens is 1. The van der Waals surface area contributed by atoms with Gasteiger partial charge in [0.15, 0.2) is 6.10 Å². The van der Waals surface area contributed by atoms with Crippen LogP contribution in [0.3, 0.4) is 0 Å². The number of hydrogen-bond acceptors (Lipinski definition) is 2. The van der Waals surface area contributed by atoms with E-state index in [9.17, 15) is 4.79 Å². The normalized spacial score (nSPS) is 12.0. The van der Waals surface area contributed by atoms with Gasteiger partial charge in [0.25, 0.3) is 5.91 Å². The molecule has 0 spiro atoms. The average molecular weight is 314 g/mol. The molecule has 4 heteroatoms. The average Bonchev–Trinajstić information content (AvgIpc) is 2.34. The SMILES string of the molecule is CCCCNC(=O)C(C)Oc1ccc(Br)c(C)c1. The Balaban J connectivity index is 2.50. The van der Waals surface area contributed by atoms with Crippen LogP contribution in [0.15, 0.2) is 22.7 Å². The predicted molar refractivity (Wildman–Crippen MR) is 76.9 cm³/mol. The maximum absolute atomic E-state index is 11.7. The van der Waals surface area contributed by atoms with Crippen LogP contribution in [-0.2, 0) is 4.79 Å². The first kappa shape index (κ1) is 15.0. The van der Waals surface area contributed by atoms with Crippen molar-refractivity contribution in [2.75, 3.05) is 6.54 Å². The number of hydrogen-bond donors (Lipinski definition) is 1. The van der Waals surface area contributed by atoms with Crippen molar-refractivity contribution in [1.82, 2.24) is 5.32 Å². The summed E-state index contributed by atoms with van der Waals surface area (Å²) in [5, 5.41) is 2.86. The third-order valence-corrected chi connectivity index (χ3v) is 3.53. The summed E-state index contributed by atoms with van der Waals surface area (Å²) in [4.78, 5) is 11.7. The van der Waals surface area contributed by atoms with Crippen molar-refractivity contribution < 1.29 is 9.53 Å². The summed E-state index contributed by atoms with van der Waals surface area (Å²) in [6.45, 7) is 6.56. The smallest absolute Gasteiger partial charge is 0.260 e. The molecule has 0 aliphatic heterocycles. The maximum Gasteiger partial charge on any atom is 0.260 e. The zero-order valence-corrected chi connectivity index (χ0v) is 12.7. The second kappa shape index (κ2) is 7.41. The van der Waals surface area contributed by atoms with Gasteiger partial charge in [-0.15, -0.1) is 0 Å². The summed E-state index contributed by atoms with van der Waals surface area (Å²) in [7, 11) is 0. The monoisotopic (exact) mass is 313 g/mol. The molecule has 1 N–H and O–H groups in total. The quantitative estimate of drug-likeness (QED) is 0.817. The largest absolute Gasteiger partial charge is 0.481 e. The van der Waals surface area contributed by atoms with Crippen LogP contribution in [0.1, 0.15) is 32.3 Å². The summed E-state index contributed by atoms with van der Waals surface area (Å²) < 4.78 is 6.65. The van der Waals surface area contributed by atoms with Gasteiger partial charge in [-0.2, -0.15) is 0 Å². The van der Waals surface area contributed by atoms with Gasteiger partial charge in [-0.1, -0.05) is 29.3 Å². The first-order valence-electron chi connectivity index (χ1n) is 6.25. The number of benzene rings is 1. The van der Waals surface area contributed by atoms with Crippen molar-refractivity contribution in [2.24, 2.45) is 0 Å². The van der Waals surface area contributed by atoms with Gasteiger partial charge in [0.2, 0.25) is 0 Å².